The molecule has 0 aliphatic carbocycles. The van der Waals surface area contributed by atoms with Gasteiger partial charge in [-0.25, -0.2) is 4.98 Å². The van der Waals surface area contributed by atoms with Crippen LogP contribution in [-0.4, -0.2) is 49.2 Å². The van der Waals surface area contributed by atoms with Gasteiger partial charge < -0.3 is 15.1 Å². The molecule has 1 aliphatic heterocycles. The molecule has 112 valence electrons. The van der Waals surface area contributed by atoms with Crippen molar-refractivity contribution in [1.82, 2.24) is 9.88 Å². The lowest BCUT2D eigenvalue weighted by Gasteiger charge is -2.31. The molecule has 1 fully saturated rings. The van der Waals surface area contributed by atoms with Crippen LogP contribution in [0, 0.1) is 0 Å². The SMILES string of the molecule is CCCNc1cccc(N2CCCN(C)CC2CC)n1. The van der Waals surface area contributed by atoms with Crippen LogP contribution in [0.4, 0.5) is 11.6 Å². The van der Waals surface area contributed by atoms with Crippen LogP contribution in [0.5, 0.6) is 0 Å². The number of hydrogen-bond donors (Lipinski definition) is 1. The number of pyridine rings is 1. The van der Waals surface area contributed by atoms with Gasteiger partial charge in [0.2, 0.25) is 0 Å². The highest BCUT2D eigenvalue weighted by Crippen LogP contribution is 2.21. The van der Waals surface area contributed by atoms with E-state index in [1.165, 1.54) is 19.4 Å². The van der Waals surface area contributed by atoms with Gasteiger partial charge in [-0.15, -0.1) is 0 Å². The molecule has 0 saturated carbocycles. The molecule has 1 aromatic heterocycles. The lowest BCUT2D eigenvalue weighted by molar-refractivity contribution is 0.327. The molecule has 20 heavy (non-hydrogen) atoms. The molecule has 1 N–H and O–H groups in total. The second kappa shape index (κ2) is 7.48. The van der Waals surface area contributed by atoms with E-state index in [0.717, 1.165) is 37.7 Å². The zero-order valence-electron chi connectivity index (χ0n) is 13.1. The standard InChI is InChI=1S/C16H28N4/c1-4-10-17-15-8-6-9-16(18-15)20-12-7-11-19(3)13-14(20)5-2/h6,8-9,14H,4-5,7,10-13H2,1-3H3,(H,17,18). The van der Waals surface area contributed by atoms with E-state index in [-0.39, 0.29) is 0 Å². The Labute approximate surface area is 123 Å². The van der Waals surface area contributed by atoms with Crippen molar-refractivity contribution in [3.05, 3.63) is 18.2 Å². The van der Waals surface area contributed by atoms with E-state index < -0.39 is 0 Å². The van der Waals surface area contributed by atoms with Crippen LogP contribution in [0.3, 0.4) is 0 Å². The molecule has 2 rings (SSSR count). The van der Waals surface area contributed by atoms with Gasteiger partial charge in [-0.1, -0.05) is 19.9 Å². The maximum absolute atomic E-state index is 4.80. The minimum Gasteiger partial charge on any atom is -0.370 e. The third kappa shape index (κ3) is 3.85. The summed E-state index contributed by atoms with van der Waals surface area (Å²) >= 11 is 0. The van der Waals surface area contributed by atoms with Gasteiger partial charge in [0.25, 0.3) is 0 Å². The summed E-state index contributed by atoms with van der Waals surface area (Å²) in [5.41, 5.74) is 0. The van der Waals surface area contributed by atoms with Gasteiger partial charge in [0.15, 0.2) is 0 Å². The van der Waals surface area contributed by atoms with Crippen LogP contribution in [0.25, 0.3) is 0 Å². The molecule has 0 amide bonds. The lowest BCUT2D eigenvalue weighted by Crippen LogP contribution is -2.40. The Morgan fingerprint density at radius 3 is 2.90 bits per heavy atom. The lowest BCUT2D eigenvalue weighted by atomic mass is 10.2. The minimum atomic E-state index is 0.566. The Kier molecular flexibility index (Phi) is 5.65. The normalized spacial score (nSPS) is 20.8. The Bertz CT molecular complexity index is 407. The number of aromatic nitrogens is 1. The molecule has 0 aromatic carbocycles. The maximum Gasteiger partial charge on any atom is 0.131 e. The molecule has 1 unspecified atom stereocenters. The summed E-state index contributed by atoms with van der Waals surface area (Å²) in [7, 11) is 2.22. The molecule has 4 nitrogen and oxygen atoms in total. The fourth-order valence-electron chi connectivity index (χ4n) is 2.83. The van der Waals surface area contributed by atoms with Crippen molar-refractivity contribution >= 4 is 11.6 Å². The average Bonchev–Trinajstić information content (AvgIpc) is 2.66. The van der Waals surface area contributed by atoms with Crippen molar-refractivity contribution < 1.29 is 0 Å². The smallest absolute Gasteiger partial charge is 0.131 e. The zero-order chi connectivity index (χ0) is 14.4. The molecule has 1 saturated heterocycles. The predicted molar refractivity (Wildman–Crippen MR) is 86.6 cm³/mol. The molecule has 0 radical (unpaired) electrons. The average molecular weight is 276 g/mol. The van der Waals surface area contributed by atoms with E-state index in [1.807, 2.05) is 0 Å². The van der Waals surface area contributed by atoms with Crippen LogP contribution in [0.1, 0.15) is 33.1 Å². The summed E-state index contributed by atoms with van der Waals surface area (Å²) in [6, 6.07) is 6.88. The van der Waals surface area contributed by atoms with E-state index in [9.17, 15) is 0 Å². The summed E-state index contributed by atoms with van der Waals surface area (Å²) in [6.07, 6.45) is 3.50. The van der Waals surface area contributed by atoms with Crippen molar-refractivity contribution in [3.63, 3.8) is 0 Å². The van der Waals surface area contributed by atoms with Gasteiger partial charge in [0.1, 0.15) is 11.6 Å². The van der Waals surface area contributed by atoms with E-state index in [1.54, 1.807) is 0 Å². The summed E-state index contributed by atoms with van der Waals surface area (Å²) in [5, 5.41) is 3.38. The first-order valence-electron chi connectivity index (χ1n) is 7.90. The Balaban J connectivity index is 2.15. The molecular formula is C16H28N4. The van der Waals surface area contributed by atoms with Gasteiger partial charge in [-0.3, -0.25) is 0 Å². The topological polar surface area (TPSA) is 31.4 Å². The van der Waals surface area contributed by atoms with Crippen LogP contribution in [0.15, 0.2) is 18.2 Å². The predicted octanol–water partition coefficient (Wildman–Crippen LogP) is 2.82. The van der Waals surface area contributed by atoms with E-state index >= 15 is 0 Å². The van der Waals surface area contributed by atoms with Gasteiger partial charge >= 0.3 is 0 Å². The largest absolute Gasteiger partial charge is 0.370 e. The second-order valence-electron chi connectivity index (χ2n) is 5.68. The maximum atomic E-state index is 4.80. The molecule has 1 aromatic rings. The Morgan fingerprint density at radius 1 is 1.30 bits per heavy atom. The fourth-order valence-corrected chi connectivity index (χ4v) is 2.83. The number of nitrogens with zero attached hydrogens (tertiary/aromatic N) is 3. The van der Waals surface area contributed by atoms with Crippen LogP contribution < -0.4 is 10.2 Å². The number of likely N-dealkylation sites (N-methyl/N-ethyl adjacent to an activating group) is 1. The zero-order valence-corrected chi connectivity index (χ0v) is 13.1. The van der Waals surface area contributed by atoms with Crippen molar-refractivity contribution in [3.8, 4) is 0 Å². The minimum absolute atomic E-state index is 0.566. The summed E-state index contributed by atoms with van der Waals surface area (Å²) in [4.78, 5) is 9.72. The van der Waals surface area contributed by atoms with Crippen LogP contribution in [0.2, 0.25) is 0 Å². The van der Waals surface area contributed by atoms with Crippen molar-refractivity contribution in [2.24, 2.45) is 0 Å². The molecule has 1 atom stereocenters. The van der Waals surface area contributed by atoms with Crippen molar-refractivity contribution in [2.45, 2.75) is 39.2 Å². The van der Waals surface area contributed by atoms with E-state index in [4.69, 9.17) is 4.98 Å². The molecule has 4 heteroatoms. The highest BCUT2D eigenvalue weighted by Gasteiger charge is 2.23. The first kappa shape index (κ1) is 15.1. The highest BCUT2D eigenvalue weighted by molar-refractivity contribution is 5.48. The fraction of sp³-hybridized carbons (Fsp3) is 0.688. The summed E-state index contributed by atoms with van der Waals surface area (Å²) in [6.45, 7) is 8.85. The number of anilines is 2. The first-order valence-corrected chi connectivity index (χ1v) is 7.90. The second-order valence-corrected chi connectivity index (χ2v) is 5.68. The first-order chi connectivity index (χ1) is 9.74. The van der Waals surface area contributed by atoms with Crippen molar-refractivity contribution in [1.29, 1.82) is 0 Å². The summed E-state index contributed by atoms with van der Waals surface area (Å²) < 4.78 is 0. The number of hydrogen-bond acceptors (Lipinski definition) is 4. The van der Waals surface area contributed by atoms with Gasteiger partial charge in [-0.05, 0) is 45.0 Å². The van der Waals surface area contributed by atoms with Gasteiger partial charge in [-0.2, -0.15) is 0 Å². The number of rotatable bonds is 5. The molecule has 1 aliphatic rings. The Morgan fingerprint density at radius 2 is 2.15 bits per heavy atom. The quantitative estimate of drug-likeness (QED) is 0.896. The van der Waals surface area contributed by atoms with Gasteiger partial charge in [0, 0.05) is 25.7 Å². The molecular weight excluding hydrogens is 248 g/mol. The van der Waals surface area contributed by atoms with E-state index in [2.05, 4.69) is 54.2 Å². The molecule has 2 heterocycles. The van der Waals surface area contributed by atoms with Crippen LogP contribution in [-0.2, 0) is 0 Å². The van der Waals surface area contributed by atoms with Crippen molar-refractivity contribution in [2.75, 3.05) is 43.4 Å². The number of nitrogens with one attached hydrogen (secondary N) is 1. The van der Waals surface area contributed by atoms with Crippen LogP contribution >= 0.6 is 0 Å². The highest BCUT2D eigenvalue weighted by atomic mass is 15.3. The van der Waals surface area contributed by atoms with E-state index in [0.29, 0.717) is 6.04 Å². The monoisotopic (exact) mass is 276 g/mol. The molecule has 0 bridgehead atoms. The Hall–Kier alpha value is -1.29. The molecule has 0 spiro atoms. The summed E-state index contributed by atoms with van der Waals surface area (Å²) in [5.74, 6) is 2.12. The third-order valence-electron chi connectivity index (χ3n) is 3.96. The third-order valence-corrected chi connectivity index (χ3v) is 3.96. The van der Waals surface area contributed by atoms with Gasteiger partial charge in [0.05, 0.1) is 0 Å².